The fraction of sp³-hybridized carbons (Fsp3) is 0.333. The standard InChI is InChI=1S/C9H12N2O2S/c1-7(13)10-4-2-3-9-11-8(5-12)6-14-9/h2-3,6,12H,4-5H2,1H3,(H,10,13). The highest BCUT2D eigenvalue weighted by atomic mass is 32.1. The van der Waals surface area contributed by atoms with E-state index in [-0.39, 0.29) is 12.5 Å². The summed E-state index contributed by atoms with van der Waals surface area (Å²) in [5, 5.41) is 14.0. The number of nitrogens with one attached hydrogen (secondary N) is 1. The minimum Gasteiger partial charge on any atom is -0.390 e. The van der Waals surface area contributed by atoms with E-state index in [1.54, 1.807) is 5.38 Å². The molecular weight excluding hydrogens is 200 g/mol. The van der Waals surface area contributed by atoms with E-state index < -0.39 is 0 Å². The predicted molar refractivity (Wildman–Crippen MR) is 55.8 cm³/mol. The van der Waals surface area contributed by atoms with Gasteiger partial charge in [-0.05, 0) is 6.08 Å². The zero-order valence-electron chi connectivity index (χ0n) is 7.86. The molecule has 1 aromatic heterocycles. The van der Waals surface area contributed by atoms with Crippen molar-refractivity contribution in [2.45, 2.75) is 13.5 Å². The van der Waals surface area contributed by atoms with Gasteiger partial charge in [-0.3, -0.25) is 4.79 Å². The van der Waals surface area contributed by atoms with Gasteiger partial charge in [0.1, 0.15) is 5.01 Å². The second-order valence-corrected chi connectivity index (χ2v) is 3.56. The second-order valence-electron chi connectivity index (χ2n) is 2.67. The van der Waals surface area contributed by atoms with Gasteiger partial charge in [0.2, 0.25) is 5.91 Å². The van der Waals surface area contributed by atoms with Crippen LogP contribution in [0.3, 0.4) is 0 Å². The highest BCUT2D eigenvalue weighted by Crippen LogP contribution is 2.10. The molecule has 0 spiro atoms. The summed E-state index contributed by atoms with van der Waals surface area (Å²) in [5.41, 5.74) is 0.675. The highest BCUT2D eigenvalue weighted by Gasteiger charge is 1.95. The monoisotopic (exact) mass is 212 g/mol. The van der Waals surface area contributed by atoms with Crippen molar-refractivity contribution in [3.8, 4) is 0 Å². The lowest BCUT2D eigenvalue weighted by molar-refractivity contribution is -0.118. The number of aliphatic hydroxyl groups is 1. The Hall–Kier alpha value is -1.20. The number of hydrogen-bond donors (Lipinski definition) is 2. The first kappa shape index (κ1) is 10.9. The van der Waals surface area contributed by atoms with E-state index in [0.717, 1.165) is 5.01 Å². The lowest BCUT2D eigenvalue weighted by Gasteiger charge is -1.92. The molecule has 0 aliphatic heterocycles. The topological polar surface area (TPSA) is 62.2 Å². The third-order valence-corrected chi connectivity index (χ3v) is 2.32. The number of nitrogens with zero attached hydrogens (tertiary/aromatic N) is 1. The maximum atomic E-state index is 10.5. The van der Waals surface area contributed by atoms with Gasteiger partial charge in [0.05, 0.1) is 12.3 Å². The molecule has 0 saturated heterocycles. The van der Waals surface area contributed by atoms with Crippen LogP contribution in [0.25, 0.3) is 6.08 Å². The van der Waals surface area contributed by atoms with Gasteiger partial charge in [0.15, 0.2) is 0 Å². The summed E-state index contributed by atoms with van der Waals surface area (Å²) in [4.78, 5) is 14.6. The maximum absolute atomic E-state index is 10.5. The van der Waals surface area contributed by atoms with Gasteiger partial charge in [-0.1, -0.05) is 6.08 Å². The molecule has 2 N–H and O–H groups in total. The van der Waals surface area contributed by atoms with Crippen molar-refractivity contribution in [2.75, 3.05) is 6.54 Å². The van der Waals surface area contributed by atoms with Crippen LogP contribution in [-0.4, -0.2) is 22.5 Å². The molecule has 14 heavy (non-hydrogen) atoms. The Morgan fingerprint density at radius 2 is 2.57 bits per heavy atom. The van der Waals surface area contributed by atoms with Crippen molar-refractivity contribution in [3.05, 3.63) is 22.2 Å². The number of amides is 1. The Morgan fingerprint density at radius 3 is 3.14 bits per heavy atom. The Bertz CT molecular complexity index is 333. The van der Waals surface area contributed by atoms with Crippen molar-refractivity contribution in [1.82, 2.24) is 10.3 Å². The molecule has 0 unspecified atom stereocenters. The van der Waals surface area contributed by atoms with E-state index in [2.05, 4.69) is 10.3 Å². The summed E-state index contributed by atoms with van der Waals surface area (Å²) in [6, 6.07) is 0. The SMILES string of the molecule is CC(=O)NCC=Cc1nc(CO)cs1. The number of aromatic nitrogens is 1. The van der Waals surface area contributed by atoms with E-state index in [1.807, 2.05) is 12.2 Å². The van der Waals surface area contributed by atoms with Gasteiger partial charge >= 0.3 is 0 Å². The van der Waals surface area contributed by atoms with Gasteiger partial charge in [0, 0.05) is 18.8 Å². The van der Waals surface area contributed by atoms with Gasteiger partial charge in [0.25, 0.3) is 0 Å². The summed E-state index contributed by atoms with van der Waals surface area (Å²) in [5.74, 6) is -0.0511. The molecule has 76 valence electrons. The van der Waals surface area contributed by atoms with Crippen LogP contribution >= 0.6 is 11.3 Å². The fourth-order valence-corrected chi connectivity index (χ4v) is 1.56. The lowest BCUT2D eigenvalue weighted by Crippen LogP contribution is -2.19. The first-order valence-corrected chi connectivity index (χ1v) is 5.06. The first-order chi connectivity index (χ1) is 6.72. The largest absolute Gasteiger partial charge is 0.390 e. The summed E-state index contributed by atoms with van der Waals surface area (Å²) in [6.07, 6.45) is 3.64. The third-order valence-electron chi connectivity index (χ3n) is 1.46. The molecule has 1 amide bonds. The third kappa shape index (κ3) is 3.68. The average molecular weight is 212 g/mol. The predicted octanol–water partition coefficient (Wildman–Crippen LogP) is 0.785. The van der Waals surface area contributed by atoms with E-state index in [9.17, 15) is 4.79 Å². The van der Waals surface area contributed by atoms with Crippen LogP contribution in [-0.2, 0) is 11.4 Å². The smallest absolute Gasteiger partial charge is 0.217 e. The zero-order valence-corrected chi connectivity index (χ0v) is 8.67. The molecule has 0 aliphatic carbocycles. The number of aliphatic hydroxyl groups excluding tert-OH is 1. The van der Waals surface area contributed by atoms with E-state index >= 15 is 0 Å². The number of rotatable bonds is 4. The van der Waals surface area contributed by atoms with Crippen LogP contribution in [0.5, 0.6) is 0 Å². The Kier molecular flexibility index (Phi) is 4.28. The van der Waals surface area contributed by atoms with Crippen LogP contribution in [0.15, 0.2) is 11.5 Å². The van der Waals surface area contributed by atoms with Crippen molar-refractivity contribution < 1.29 is 9.90 Å². The minimum absolute atomic E-state index is 0.0317. The molecule has 0 fully saturated rings. The summed E-state index contributed by atoms with van der Waals surface area (Å²) in [6.45, 7) is 1.94. The molecule has 0 aliphatic rings. The van der Waals surface area contributed by atoms with Crippen LogP contribution in [0, 0.1) is 0 Å². The Morgan fingerprint density at radius 1 is 1.79 bits per heavy atom. The summed E-state index contributed by atoms with van der Waals surface area (Å²) in [7, 11) is 0. The molecule has 0 atom stereocenters. The molecule has 4 nitrogen and oxygen atoms in total. The molecule has 0 saturated carbocycles. The zero-order chi connectivity index (χ0) is 10.4. The van der Waals surface area contributed by atoms with E-state index in [1.165, 1.54) is 18.3 Å². The van der Waals surface area contributed by atoms with Crippen LogP contribution in [0.2, 0.25) is 0 Å². The quantitative estimate of drug-likeness (QED) is 0.775. The van der Waals surface area contributed by atoms with Gasteiger partial charge in [-0.2, -0.15) is 0 Å². The average Bonchev–Trinajstić information content (AvgIpc) is 2.60. The molecule has 1 heterocycles. The normalized spacial score (nSPS) is 10.7. The number of carbonyl (C=O) groups is 1. The van der Waals surface area contributed by atoms with Gasteiger partial charge < -0.3 is 10.4 Å². The maximum Gasteiger partial charge on any atom is 0.217 e. The highest BCUT2D eigenvalue weighted by molar-refractivity contribution is 7.10. The molecule has 0 radical (unpaired) electrons. The van der Waals surface area contributed by atoms with Gasteiger partial charge in [-0.25, -0.2) is 4.98 Å². The van der Waals surface area contributed by atoms with Crippen molar-refractivity contribution in [2.24, 2.45) is 0 Å². The van der Waals surface area contributed by atoms with Crippen LogP contribution < -0.4 is 5.32 Å². The van der Waals surface area contributed by atoms with Crippen molar-refractivity contribution >= 4 is 23.3 Å². The Balaban J connectivity index is 2.39. The van der Waals surface area contributed by atoms with Crippen molar-refractivity contribution in [1.29, 1.82) is 0 Å². The molecule has 1 aromatic rings. The Labute approximate surface area is 86.3 Å². The fourth-order valence-electron chi connectivity index (χ4n) is 0.834. The lowest BCUT2D eigenvalue weighted by atomic mass is 10.5. The number of thiazole rings is 1. The molecule has 0 bridgehead atoms. The minimum atomic E-state index is -0.0511. The van der Waals surface area contributed by atoms with Crippen LogP contribution in [0.1, 0.15) is 17.6 Å². The summed E-state index contributed by atoms with van der Waals surface area (Å²) < 4.78 is 0. The van der Waals surface area contributed by atoms with E-state index in [0.29, 0.717) is 12.2 Å². The number of hydrogen-bond acceptors (Lipinski definition) is 4. The summed E-state index contributed by atoms with van der Waals surface area (Å²) >= 11 is 1.46. The molecule has 5 heteroatoms. The first-order valence-electron chi connectivity index (χ1n) is 4.18. The molecular formula is C9H12N2O2S. The molecule has 0 aromatic carbocycles. The second kappa shape index (κ2) is 5.51. The van der Waals surface area contributed by atoms with Gasteiger partial charge in [-0.15, -0.1) is 11.3 Å². The van der Waals surface area contributed by atoms with Crippen molar-refractivity contribution in [3.63, 3.8) is 0 Å². The number of carbonyl (C=O) groups excluding carboxylic acids is 1. The van der Waals surface area contributed by atoms with E-state index in [4.69, 9.17) is 5.11 Å². The molecule has 1 rings (SSSR count). The van der Waals surface area contributed by atoms with Crippen LogP contribution in [0.4, 0.5) is 0 Å².